The molecule has 18 heavy (non-hydrogen) atoms. The summed E-state index contributed by atoms with van der Waals surface area (Å²) < 4.78 is 5.35. The largest absolute Gasteiger partial charge is 0.338 e. The van der Waals surface area contributed by atoms with E-state index < -0.39 is 0 Å². The van der Waals surface area contributed by atoms with Gasteiger partial charge in [0, 0.05) is 5.25 Å². The van der Waals surface area contributed by atoms with Gasteiger partial charge in [0.15, 0.2) is 5.82 Å². The fourth-order valence-corrected chi connectivity index (χ4v) is 3.96. The number of hydrogen-bond acceptors (Lipinski definition) is 5. The van der Waals surface area contributed by atoms with Crippen LogP contribution in [0.1, 0.15) is 62.7 Å². The first-order valence-electron chi connectivity index (χ1n) is 7.09. The highest BCUT2D eigenvalue weighted by Gasteiger charge is 2.22. The molecule has 1 saturated carbocycles. The first-order valence-corrected chi connectivity index (χ1v) is 8.14. The van der Waals surface area contributed by atoms with E-state index in [0.717, 1.165) is 35.7 Å². The molecule has 5 heteroatoms. The summed E-state index contributed by atoms with van der Waals surface area (Å²) in [6, 6.07) is 0.297. The van der Waals surface area contributed by atoms with Crippen LogP contribution in [-0.2, 0) is 5.75 Å². The summed E-state index contributed by atoms with van der Waals surface area (Å²) in [7, 11) is 0. The van der Waals surface area contributed by atoms with Gasteiger partial charge in [0.25, 0.3) is 0 Å². The van der Waals surface area contributed by atoms with Crippen LogP contribution in [0.2, 0.25) is 0 Å². The smallest absolute Gasteiger partial charge is 0.243 e. The number of thioether (sulfide) groups is 1. The van der Waals surface area contributed by atoms with Crippen LogP contribution in [-0.4, -0.2) is 21.9 Å². The van der Waals surface area contributed by atoms with Crippen molar-refractivity contribution >= 4 is 11.8 Å². The Kier molecular flexibility index (Phi) is 4.20. The molecule has 4 nitrogen and oxygen atoms in total. The van der Waals surface area contributed by atoms with Gasteiger partial charge in [-0.2, -0.15) is 16.7 Å². The highest BCUT2D eigenvalue weighted by atomic mass is 32.2. The van der Waals surface area contributed by atoms with E-state index in [1.807, 2.05) is 11.8 Å². The van der Waals surface area contributed by atoms with E-state index in [-0.39, 0.29) is 0 Å². The first-order chi connectivity index (χ1) is 8.92. The van der Waals surface area contributed by atoms with Crippen molar-refractivity contribution in [3.05, 3.63) is 11.7 Å². The molecule has 3 rings (SSSR count). The quantitative estimate of drug-likeness (QED) is 0.908. The molecule has 100 valence electrons. The van der Waals surface area contributed by atoms with Crippen molar-refractivity contribution < 1.29 is 4.52 Å². The molecular weight excluding hydrogens is 246 g/mol. The molecule has 2 heterocycles. The van der Waals surface area contributed by atoms with Gasteiger partial charge in [-0.05, 0) is 32.2 Å². The van der Waals surface area contributed by atoms with Gasteiger partial charge in [-0.3, -0.25) is 0 Å². The Bertz CT molecular complexity index is 370. The van der Waals surface area contributed by atoms with Crippen LogP contribution in [0.15, 0.2) is 4.52 Å². The Balaban J connectivity index is 1.50. The van der Waals surface area contributed by atoms with Gasteiger partial charge in [0.2, 0.25) is 5.89 Å². The number of nitrogens with one attached hydrogen (secondary N) is 1. The minimum absolute atomic E-state index is 0.297. The lowest BCUT2D eigenvalue weighted by Gasteiger charge is -2.19. The maximum Gasteiger partial charge on any atom is 0.243 e. The molecule has 1 atom stereocenters. The van der Waals surface area contributed by atoms with Crippen LogP contribution < -0.4 is 5.32 Å². The molecule has 0 aromatic carbocycles. The standard InChI is InChI=1S/C13H21N3OS/c1-2-5-10(6-3-1)18-9-12-15-13(17-16-12)11-7-4-8-14-11/h10-11,14H,1-9H2/t11-/m0/s1. The predicted molar refractivity (Wildman–Crippen MR) is 72.4 cm³/mol. The van der Waals surface area contributed by atoms with E-state index in [4.69, 9.17) is 4.52 Å². The van der Waals surface area contributed by atoms with Crippen molar-refractivity contribution in [3.8, 4) is 0 Å². The topological polar surface area (TPSA) is 51.0 Å². The van der Waals surface area contributed by atoms with Gasteiger partial charge in [-0.15, -0.1) is 0 Å². The summed E-state index contributed by atoms with van der Waals surface area (Å²) >= 11 is 2.00. The Hall–Kier alpha value is -0.550. The molecule has 0 bridgehead atoms. The van der Waals surface area contributed by atoms with Crippen LogP contribution >= 0.6 is 11.8 Å². The molecule has 1 N–H and O–H groups in total. The Labute approximate surface area is 112 Å². The maximum atomic E-state index is 5.35. The van der Waals surface area contributed by atoms with E-state index in [1.54, 1.807) is 0 Å². The Morgan fingerprint density at radius 1 is 1.17 bits per heavy atom. The van der Waals surface area contributed by atoms with Crippen molar-refractivity contribution in [2.45, 2.75) is 62.0 Å². The molecule has 0 radical (unpaired) electrons. The minimum atomic E-state index is 0.297. The highest BCUT2D eigenvalue weighted by Crippen LogP contribution is 2.30. The summed E-state index contributed by atoms with van der Waals surface area (Å²) in [6.07, 6.45) is 9.24. The van der Waals surface area contributed by atoms with E-state index in [9.17, 15) is 0 Å². The monoisotopic (exact) mass is 267 g/mol. The molecule has 0 amide bonds. The van der Waals surface area contributed by atoms with Crippen molar-refractivity contribution in [2.24, 2.45) is 0 Å². The van der Waals surface area contributed by atoms with Gasteiger partial charge in [0.05, 0.1) is 11.8 Å². The summed E-state index contributed by atoms with van der Waals surface area (Å²) in [6.45, 7) is 1.07. The molecule has 0 unspecified atom stereocenters. The number of hydrogen-bond donors (Lipinski definition) is 1. The van der Waals surface area contributed by atoms with Gasteiger partial charge in [0.1, 0.15) is 0 Å². The lowest BCUT2D eigenvalue weighted by Crippen LogP contribution is -2.13. The zero-order chi connectivity index (χ0) is 12.2. The summed E-state index contributed by atoms with van der Waals surface area (Å²) in [4.78, 5) is 4.52. The van der Waals surface area contributed by atoms with E-state index >= 15 is 0 Å². The number of rotatable bonds is 4. The second-order valence-electron chi connectivity index (χ2n) is 5.27. The van der Waals surface area contributed by atoms with Gasteiger partial charge < -0.3 is 9.84 Å². The average Bonchev–Trinajstić information content (AvgIpc) is 3.08. The second kappa shape index (κ2) is 6.06. The second-order valence-corrected chi connectivity index (χ2v) is 6.56. The molecule has 0 spiro atoms. The summed E-state index contributed by atoms with van der Waals surface area (Å²) in [5, 5.41) is 8.30. The summed E-state index contributed by atoms with van der Waals surface area (Å²) in [5.41, 5.74) is 0. The van der Waals surface area contributed by atoms with Crippen molar-refractivity contribution in [1.29, 1.82) is 0 Å². The van der Waals surface area contributed by atoms with Crippen LogP contribution in [0.25, 0.3) is 0 Å². The van der Waals surface area contributed by atoms with Crippen LogP contribution in [0.5, 0.6) is 0 Å². The lowest BCUT2D eigenvalue weighted by molar-refractivity contribution is 0.342. The van der Waals surface area contributed by atoms with E-state index in [2.05, 4.69) is 15.5 Å². The van der Waals surface area contributed by atoms with Gasteiger partial charge >= 0.3 is 0 Å². The number of nitrogens with zero attached hydrogens (tertiary/aromatic N) is 2. The molecule has 2 aliphatic rings. The predicted octanol–water partition coefficient (Wildman–Crippen LogP) is 3.06. The third-order valence-corrected chi connectivity index (χ3v) is 5.21. The van der Waals surface area contributed by atoms with Gasteiger partial charge in [-0.25, -0.2) is 0 Å². The number of aromatic nitrogens is 2. The third kappa shape index (κ3) is 3.06. The van der Waals surface area contributed by atoms with Crippen molar-refractivity contribution in [2.75, 3.05) is 6.54 Å². The third-order valence-electron chi connectivity index (χ3n) is 3.84. The van der Waals surface area contributed by atoms with Gasteiger partial charge in [-0.1, -0.05) is 24.4 Å². The minimum Gasteiger partial charge on any atom is -0.338 e. The SMILES string of the molecule is C1CCC(SCc2noc([C@@H]3CCCN3)n2)CC1. The average molecular weight is 267 g/mol. The Morgan fingerprint density at radius 2 is 2.06 bits per heavy atom. The molecular formula is C13H21N3OS. The normalized spacial score (nSPS) is 25.7. The highest BCUT2D eigenvalue weighted by molar-refractivity contribution is 7.99. The maximum absolute atomic E-state index is 5.35. The molecule has 1 aromatic rings. The van der Waals surface area contributed by atoms with Crippen molar-refractivity contribution in [3.63, 3.8) is 0 Å². The lowest BCUT2D eigenvalue weighted by atomic mass is 10.0. The summed E-state index contributed by atoms with van der Waals surface area (Å²) in [5.74, 6) is 2.56. The molecule has 1 saturated heterocycles. The van der Waals surface area contributed by atoms with Crippen molar-refractivity contribution in [1.82, 2.24) is 15.5 Å². The zero-order valence-corrected chi connectivity index (χ0v) is 11.5. The van der Waals surface area contributed by atoms with E-state index in [0.29, 0.717) is 6.04 Å². The fourth-order valence-electron chi connectivity index (χ4n) is 2.79. The Morgan fingerprint density at radius 3 is 2.83 bits per heavy atom. The molecule has 1 aliphatic heterocycles. The first kappa shape index (κ1) is 12.5. The zero-order valence-electron chi connectivity index (χ0n) is 10.7. The van der Waals surface area contributed by atoms with Crippen LogP contribution in [0.4, 0.5) is 0 Å². The molecule has 2 fully saturated rings. The molecule has 1 aromatic heterocycles. The van der Waals surface area contributed by atoms with E-state index in [1.165, 1.54) is 38.5 Å². The fraction of sp³-hybridized carbons (Fsp3) is 0.846. The van der Waals surface area contributed by atoms with Crippen LogP contribution in [0, 0.1) is 0 Å². The molecule has 1 aliphatic carbocycles. The van der Waals surface area contributed by atoms with Crippen LogP contribution in [0.3, 0.4) is 0 Å².